The summed E-state index contributed by atoms with van der Waals surface area (Å²) in [5, 5.41) is 7.46. The Kier molecular flexibility index (Phi) is 4.06. The van der Waals surface area contributed by atoms with Crippen LogP contribution in [0, 0.1) is 5.92 Å². The first-order chi connectivity index (χ1) is 9.86. The van der Waals surface area contributed by atoms with Gasteiger partial charge in [-0.25, -0.2) is 0 Å². The first kappa shape index (κ1) is 13.2. The smallest absolute Gasteiger partial charge is 0.228 e. The molecule has 0 spiro atoms. The molecular formula is C15H20N4O. The largest absolute Gasteiger partial charge is 0.339 e. The van der Waals surface area contributed by atoms with E-state index in [2.05, 4.69) is 20.4 Å². The molecule has 0 bridgehead atoms. The summed E-state index contributed by atoms with van der Waals surface area (Å²) in [4.78, 5) is 8.49. The van der Waals surface area contributed by atoms with Gasteiger partial charge in [-0.05, 0) is 37.9 Å². The molecule has 106 valence electrons. The summed E-state index contributed by atoms with van der Waals surface area (Å²) < 4.78 is 5.39. The number of aromatic nitrogens is 3. The van der Waals surface area contributed by atoms with Crippen molar-refractivity contribution in [1.82, 2.24) is 20.4 Å². The molecule has 1 unspecified atom stereocenters. The molecule has 1 N–H and O–H groups in total. The first-order valence-electron chi connectivity index (χ1n) is 7.27. The second kappa shape index (κ2) is 6.13. The summed E-state index contributed by atoms with van der Waals surface area (Å²) >= 11 is 0. The Morgan fingerprint density at radius 3 is 2.75 bits per heavy atom. The summed E-state index contributed by atoms with van der Waals surface area (Å²) in [6, 6.07) is 4.21. The van der Waals surface area contributed by atoms with Crippen LogP contribution in [0.5, 0.6) is 0 Å². The van der Waals surface area contributed by atoms with Crippen molar-refractivity contribution in [3.63, 3.8) is 0 Å². The molecule has 0 aromatic carbocycles. The standard InChI is InChI=1S/C15H20N4O/c1-16-13(11-4-2-3-5-11)10-14-18-15(19-20-14)12-6-8-17-9-7-12/h6-9,11,13,16H,2-5,10H2,1H3. The van der Waals surface area contributed by atoms with Crippen molar-refractivity contribution in [1.29, 1.82) is 0 Å². The van der Waals surface area contributed by atoms with Gasteiger partial charge < -0.3 is 9.84 Å². The monoisotopic (exact) mass is 272 g/mol. The molecule has 0 aliphatic heterocycles. The van der Waals surface area contributed by atoms with Gasteiger partial charge in [-0.2, -0.15) is 4.98 Å². The maximum absolute atomic E-state index is 5.39. The van der Waals surface area contributed by atoms with Gasteiger partial charge in [0.05, 0.1) is 0 Å². The highest BCUT2D eigenvalue weighted by Gasteiger charge is 2.25. The van der Waals surface area contributed by atoms with E-state index in [1.807, 2.05) is 19.2 Å². The maximum atomic E-state index is 5.39. The molecule has 2 heterocycles. The quantitative estimate of drug-likeness (QED) is 0.905. The van der Waals surface area contributed by atoms with Gasteiger partial charge in [0.25, 0.3) is 0 Å². The van der Waals surface area contributed by atoms with Crippen LogP contribution in [-0.2, 0) is 6.42 Å². The molecule has 2 aromatic heterocycles. The SMILES string of the molecule is CNC(Cc1nc(-c2ccncc2)no1)C1CCCC1. The Hall–Kier alpha value is -1.75. The Bertz CT molecular complexity index is 534. The van der Waals surface area contributed by atoms with Gasteiger partial charge >= 0.3 is 0 Å². The van der Waals surface area contributed by atoms with Gasteiger partial charge in [-0.3, -0.25) is 4.98 Å². The second-order valence-electron chi connectivity index (χ2n) is 5.39. The predicted octanol–water partition coefficient (Wildman–Crippen LogP) is 2.45. The van der Waals surface area contributed by atoms with Crippen LogP contribution in [0.4, 0.5) is 0 Å². The minimum absolute atomic E-state index is 0.434. The number of likely N-dealkylation sites (N-methyl/N-ethyl adjacent to an activating group) is 1. The van der Waals surface area contributed by atoms with Crippen LogP contribution in [0.2, 0.25) is 0 Å². The number of hydrogen-bond acceptors (Lipinski definition) is 5. The third-order valence-electron chi connectivity index (χ3n) is 4.14. The molecule has 1 fully saturated rings. The van der Waals surface area contributed by atoms with Gasteiger partial charge in [-0.15, -0.1) is 0 Å². The Labute approximate surface area is 118 Å². The van der Waals surface area contributed by atoms with Crippen molar-refractivity contribution in [3.8, 4) is 11.4 Å². The fraction of sp³-hybridized carbons (Fsp3) is 0.533. The average Bonchev–Trinajstić information content (AvgIpc) is 3.17. The first-order valence-corrected chi connectivity index (χ1v) is 7.27. The van der Waals surface area contributed by atoms with E-state index in [0.717, 1.165) is 17.9 Å². The van der Waals surface area contributed by atoms with Crippen molar-refractivity contribution < 1.29 is 4.52 Å². The summed E-state index contributed by atoms with van der Waals surface area (Å²) in [7, 11) is 2.02. The van der Waals surface area contributed by atoms with E-state index in [1.54, 1.807) is 12.4 Å². The number of hydrogen-bond donors (Lipinski definition) is 1. The fourth-order valence-corrected chi connectivity index (χ4v) is 3.01. The highest BCUT2D eigenvalue weighted by Crippen LogP contribution is 2.29. The van der Waals surface area contributed by atoms with Crippen LogP contribution in [0.15, 0.2) is 29.0 Å². The van der Waals surface area contributed by atoms with Crippen LogP contribution in [-0.4, -0.2) is 28.2 Å². The summed E-state index contributed by atoms with van der Waals surface area (Å²) in [5.74, 6) is 2.09. The maximum Gasteiger partial charge on any atom is 0.228 e. The normalized spacial score (nSPS) is 17.4. The predicted molar refractivity (Wildman–Crippen MR) is 76.0 cm³/mol. The molecule has 1 aliphatic rings. The minimum Gasteiger partial charge on any atom is -0.339 e. The van der Waals surface area contributed by atoms with Crippen LogP contribution in [0.25, 0.3) is 11.4 Å². The van der Waals surface area contributed by atoms with E-state index in [9.17, 15) is 0 Å². The Morgan fingerprint density at radius 1 is 1.30 bits per heavy atom. The van der Waals surface area contributed by atoms with Crippen molar-refractivity contribution in [2.24, 2.45) is 5.92 Å². The van der Waals surface area contributed by atoms with E-state index < -0.39 is 0 Å². The number of nitrogens with one attached hydrogen (secondary N) is 1. The third kappa shape index (κ3) is 2.88. The van der Waals surface area contributed by atoms with E-state index in [1.165, 1.54) is 25.7 Å². The molecule has 0 radical (unpaired) electrons. The molecule has 1 atom stereocenters. The van der Waals surface area contributed by atoms with Crippen LogP contribution < -0.4 is 5.32 Å². The van der Waals surface area contributed by atoms with Crippen molar-refractivity contribution in [2.45, 2.75) is 38.1 Å². The van der Waals surface area contributed by atoms with E-state index in [0.29, 0.717) is 17.8 Å². The zero-order valence-corrected chi connectivity index (χ0v) is 11.7. The zero-order valence-electron chi connectivity index (χ0n) is 11.7. The number of rotatable bonds is 5. The molecular weight excluding hydrogens is 252 g/mol. The summed E-state index contributed by atoms with van der Waals surface area (Å²) in [5.41, 5.74) is 0.942. The zero-order chi connectivity index (χ0) is 13.8. The summed E-state index contributed by atoms with van der Waals surface area (Å²) in [6.07, 6.45) is 9.57. The van der Waals surface area contributed by atoms with Gasteiger partial charge in [0, 0.05) is 30.4 Å². The van der Waals surface area contributed by atoms with Crippen LogP contribution >= 0.6 is 0 Å². The molecule has 5 heteroatoms. The molecule has 1 aliphatic carbocycles. The minimum atomic E-state index is 0.434. The Morgan fingerprint density at radius 2 is 2.05 bits per heavy atom. The van der Waals surface area contributed by atoms with E-state index >= 15 is 0 Å². The topological polar surface area (TPSA) is 63.8 Å². The second-order valence-corrected chi connectivity index (χ2v) is 5.39. The molecule has 1 saturated carbocycles. The molecule has 20 heavy (non-hydrogen) atoms. The highest BCUT2D eigenvalue weighted by molar-refractivity contribution is 5.52. The van der Waals surface area contributed by atoms with Gasteiger partial charge in [0.2, 0.25) is 11.7 Å². The molecule has 3 rings (SSSR count). The third-order valence-corrected chi connectivity index (χ3v) is 4.14. The van der Waals surface area contributed by atoms with Crippen molar-refractivity contribution >= 4 is 0 Å². The highest BCUT2D eigenvalue weighted by atomic mass is 16.5. The lowest BCUT2D eigenvalue weighted by Crippen LogP contribution is -2.34. The van der Waals surface area contributed by atoms with E-state index in [-0.39, 0.29) is 0 Å². The van der Waals surface area contributed by atoms with Crippen LogP contribution in [0.1, 0.15) is 31.6 Å². The lowest BCUT2D eigenvalue weighted by molar-refractivity contribution is 0.318. The van der Waals surface area contributed by atoms with Crippen LogP contribution in [0.3, 0.4) is 0 Å². The summed E-state index contributed by atoms with van der Waals surface area (Å²) in [6.45, 7) is 0. The molecule has 5 nitrogen and oxygen atoms in total. The number of nitrogens with zero attached hydrogens (tertiary/aromatic N) is 3. The number of pyridine rings is 1. The lowest BCUT2D eigenvalue weighted by Gasteiger charge is -2.20. The lowest BCUT2D eigenvalue weighted by atomic mass is 9.95. The Balaban J connectivity index is 1.70. The molecule has 2 aromatic rings. The molecule has 0 saturated heterocycles. The van der Waals surface area contributed by atoms with Crippen molar-refractivity contribution in [2.75, 3.05) is 7.05 Å². The van der Waals surface area contributed by atoms with Gasteiger partial charge in [-0.1, -0.05) is 18.0 Å². The average molecular weight is 272 g/mol. The van der Waals surface area contributed by atoms with Gasteiger partial charge in [0.15, 0.2) is 0 Å². The fourth-order valence-electron chi connectivity index (χ4n) is 3.01. The molecule has 0 amide bonds. The van der Waals surface area contributed by atoms with Gasteiger partial charge in [0.1, 0.15) is 0 Å². The van der Waals surface area contributed by atoms with E-state index in [4.69, 9.17) is 4.52 Å². The van der Waals surface area contributed by atoms with Crippen molar-refractivity contribution in [3.05, 3.63) is 30.4 Å².